The van der Waals surface area contributed by atoms with Crippen LogP contribution in [0.5, 0.6) is 0 Å². The summed E-state index contributed by atoms with van der Waals surface area (Å²) >= 11 is 6.00. The standard InChI is InChI=1S/C19H18ClN3O3/c1-21-19(26)15-10-14(8-9-16(15)20)23-18(25)12-4-6-13(7-5-12)22-17(24)11-2-3-11/h4-11H,2-3H2,1H3,(H,21,26)(H,22,24)(H,23,25). The van der Waals surface area contributed by atoms with E-state index in [1.165, 1.54) is 13.1 Å². The number of amides is 3. The van der Waals surface area contributed by atoms with Crippen LogP contribution in [-0.2, 0) is 4.79 Å². The third-order valence-corrected chi connectivity index (χ3v) is 4.39. The Bertz CT molecular complexity index is 861. The maximum atomic E-state index is 12.4. The first-order valence-electron chi connectivity index (χ1n) is 8.22. The smallest absolute Gasteiger partial charge is 0.255 e. The molecule has 26 heavy (non-hydrogen) atoms. The van der Waals surface area contributed by atoms with Crippen LogP contribution >= 0.6 is 11.6 Å². The molecule has 134 valence electrons. The zero-order chi connectivity index (χ0) is 18.7. The van der Waals surface area contributed by atoms with Gasteiger partial charge in [0.1, 0.15) is 0 Å². The first kappa shape index (κ1) is 17.9. The Hall–Kier alpha value is -2.86. The summed E-state index contributed by atoms with van der Waals surface area (Å²) in [6.07, 6.45) is 1.87. The van der Waals surface area contributed by atoms with Crippen LogP contribution in [0, 0.1) is 5.92 Å². The molecule has 2 aromatic rings. The maximum absolute atomic E-state index is 12.4. The van der Waals surface area contributed by atoms with Crippen LogP contribution in [0.25, 0.3) is 0 Å². The molecule has 1 aliphatic rings. The van der Waals surface area contributed by atoms with E-state index in [2.05, 4.69) is 16.0 Å². The van der Waals surface area contributed by atoms with Gasteiger partial charge in [-0.1, -0.05) is 11.6 Å². The van der Waals surface area contributed by atoms with Gasteiger partial charge < -0.3 is 16.0 Å². The fourth-order valence-electron chi connectivity index (χ4n) is 2.41. The van der Waals surface area contributed by atoms with Crippen molar-refractivity contribution < 1.29 is 14.4 Å². The highest BCUT2D eigenvalue weighted by Crippen LogP contribution is 2.30. The van der Waals surface area contributed by atoms with Crippen molar-refractivity contribution in [2.45, 2.75) is 12.8 Å². The van der Waals surface area contributed by atoms with Crippen LogP contribution in [0.2, 0.25) is 5.02 Å². The Balaban J connectivity index is 1.67. The molecule has 3 rings (SSSR count). The molecule has 0 unspecified atom stereocenters. The minimum absolute atomic E-state index is 0.0186. The number of hydrogen-bond donors (Lipinski definition) is 3. The molecule has 0 aromatic heterocycles. The maximum Gasteiger partial charge on any atom is 0.255 e. The average Bonchev–Trinajstić information content (AvgIpc) is 3.48. The third-order valence-electron chi connectivity index (χ3n) is 4.06. The molecule has 2 aromatic carbocycles. The Labute approximate surface area is 155 Å². The summed E-state index contributed by atoms with van der Waals surface area (Å²) in [5, 5.41) is 8.35. The Morgan fingerprint density at radius 1 is 0.923 bits per heavy atom. The highest BCUT2D eigenvalue weighted by atomic mass is 35.5. The molecule has 0 heterocycles. The molecule has 0 saturated heterocycles. The lowest BCUT2D eigenvalue weighted by Crippen LogP contribution is -2.19. The summed E-state index contributed by atoms with van der Waals surface area (Å²) in [5.74, 6) is -0.514. The molecule has 1 aliphatic carbocycles. The van der Waals surface area contributed by atoms with Crippen molar-refractivity contribution in [3.8, 4) is 0 Å². The Morgan fingerprint density at radius 3 is 2.19 bits per heavy atom. The van der Waals surface area contributed by atoms with Gasteiger partial charge in [0.15, 0.2) is 0 Å². The molecule has 0 bridgehead atoms. The van der Waals surface area contributed by atoms with Crippen molar-refractivity contribution in [1.29, 1.82) is 0 Å². The van der Waals surface area contributed by atoms with Crippen molar-refractivity contribution in [1.82, 2.24) is 5.32 Å². The van der Waals surface area contributed by atoms with Gasteiger partial charge in [-0.25, -0.2) is 0 Å². The molecule has 0 spiro atoms. The largest absolute Gasteiger partial charge is 0.355 e. The molecule has 7 heteroatoms. The summed E-state index contributed by atoms with van der Waals surface area (Å²) in [6, 6.07) is 11.3. The Kier molecular flexibility index (Phi) is 5.23. The predicted octanol–water partition coefficient (Wildman–Crippen LogP) is 3.30. The quantitative estimate of drug-likeness (QED) is 0.753. The summed E-state index contributed by atoms with van der Waals surface area (Å²) in [5.41, 5.74) is 1.84. The van der Waals surface area contributed by atoms with Gasteiger partial charge in [-0.05, 0) is 55.3 Å². The topological polar surface area (TPSA) is 87.3 Å². The summed E-state index contributed by atoms with van der Waals surface area (Å²) in [7, 11) is 1.51. The highest BCUT2D eigenvalue weighted by Gasteiger charge is 2.29. The number of hydrogen-bond acceptors (Lipinski definition) is 3. The number of carbonyl (C=O) groups excluding carboxylic acids is 3. The minimum Gasteiger partial charge on any atom is -0.355 e. The number of nitrogens with one attached hydrogen (secondary N) is 3. The predicted molar refractivity (Wildman–Crippen MR) is 101 cm³/mol. The lowest BCUT2D eigenvalue weighted by molar-refractivity contribution is -0.117. The van der Waals surface area contributed by atoms with E-state index in [0.717, 1.165) is 12.8 Å². The zero-order valence-corrected chi connectivity index (χ0v) is 14.9. The fraction of sp³-hybridized carbons (Fsp3) is 0.211. The van der Waals surface area contributed by atoms with E-state index in [9.17, 15) is 14.4 Å². The van der Waals surface area contributed by atoms with Gasteiger partial charge in [0.2, 0.25) is 5.91 Å². The molecule has 0 aliphatic heterocycles. The number of halogens is 1. The number of benzene rings is 2. The monoisotopic (exact) mass is 371 g/mol. The molecule has 0 atom stereocenters. The molecule has 1 saturated carbocycles. The van der Waals surface area contributed by atoms with Gasteiger partial charge >= 0.3 is 0 Å². The van der Waals surface area contributed by atoms with Crippen molar-refractivity contribution in [2.24, 2.45) is 5.92 Å². The van der Waals surface area contributed by atoms with Gasteiger partial charge in [-0.15, -0.1) is 0 Å². The molecule has 0 radical (unpaired) electrons. The van der Waals surface area contributed by atoms with Crippen LogP contribution in [0.15, 0.2) is 42.5 Å². The fourth-order valence-corrected chi connectivity index (χ4v) is 2.61. The summed E-state index contributed by atoms with van der Waals surface area (Å²) in [6.45, 7) is 0. The lowest BCUT2D eigenvalue weighted by Gasteiger charge is -2.09. The van der Waals surface area contributed by atoms with Gasteiger partial charge in [0.05, 0.1) is 10.6 Å². The normalized spacial score (nSPS) is 13.0. The summed E-state index contributed by atoms with van der Waals surface area (Å²) < 4.78 is 0. The van der Waals surface area contributed by atoms with Gasteiger partial charge in [-0.3, -0.25) is 14.4 Å². The van der Waals surface area contributed by atoms with Crippen LogP contribution in [-0.4, -0.2) is 24.8 Å². The van der Waals surface area contributed by atoms with Crippen molar-refractivity contribution in [3.63, 3.8) is 0 Å². The van der Waals surface area contributed by atoms with E-state index in [1.807, 2.05) is 0 Å². The van der Waals surface area contributed by atoms with E-state index < -0.39 is 0 Å². The minimum atomic E-state index is -0.332. The van der Waals surface area contributed by atoms with Crippen LogP contribution in [0.3, 0.4) is 0 Å². The first-order valence-corrected chi connectivity index (χ1v) is 8.59. The van der Waals surface area contributed by atoms with E-state index in [4.69, 9.17) is 11.6 Å². The Morgan fingerprint density at radius 2 is 1.58 bits per heavy atom. The van der Waals surface area contributed by atoms with Gasteiger partial charge in [0.25, 0.3) is 11.8 Å². The van der Waals surface area contributed by atoms with E-state index >= 15 is 0 Å². The molecule has 3 amide bonds. The highest BCUT2D eigenvalue weighted by molar-refractivity contribution is 6.34. The van der Waals surface area contributed by atoms with Crippen molar-refractivity contribution in [2.75, 3.05) is 17.7 Å². The van der Waals surface area contributed by atoms with Crippen LogP contribution in [0.4, 0.5) is 11.4 Å². The SMILES string of the molecule is CNC(=O)c1cc(NC(=O)c2ccc(NC(=O)C3CC3)cc2)ccc1Cl. The van der Waals surface area contributed by atoms with Crippen LogP contribution in [0.1, 0.15) is 33.6 Å². The molecular weight excluding hydrogens is 354 g/mol. The first-order chi connectivity index (χ1) is 12.5. The lowest BCUT2D eigenvalue weighted by atomic mass is 10.1. The third kappa shape index (κ3) is 4.21. The second kappa shape index (κ2) is 7.58. The number of carbonyl (C=O) groups is 3. The zero-order valence-electron chi connectivity index (χ0n) is 14.1. The second-order valence-corrected chi connectivity index (χ2v) is 6.48. The number of rotatable bonds is 5. The van der Waals surface area contributed by atoms with Crippen molar-refractivity contribution >= 4 is 40.7 Å². The molecule has 3 N–H and O–H groups in total. The van der Waals surface area contributed by atoms with E-state index in [1.54, 1.807) is 36.4 Å². The van der Waals surface area contributed by atoms with E-state index in [-0.39, 0.29) is 29.2 Å². The second-order valence-electron chi connectivity index (χ2n) is 6.07. The molecular formula is C19H18ClN3O3. The number of anilines is 2. The van der Waals surface area contributed by atoms with E-state index in [0.29, 0.717) is 22.0 Å². The van der Waals surface area contributed by atoms with Gasteiger partial charge in [-0.2, -0.15) is 0 Å². The molecule has 1 fully saturated rings. The molecule has 6 nitrogen and oxygen atoms in total. The van der Waals surface area contributed by atoms with Gasteiger partial charge in [0, 0.05) is 29.9 Å². The van der Waals surface area contributed by atoms with Crippen molar-refractivity contribution in [3.05, 3.63) is 58.6 Å². The summed E-state index contributed by atoms with van der Waals surface area (Å²) in [4.78, 5) is 35.9. The van der Waals surface area contributed by atoms with Crippen LogP contribution < -0.4 is 16.0 Å². The average molecular weight is 372 g/mol.